The predicted molar refractivity (Wildman–Crippen MR) is 121 cm³/mol. The van der Waals surface area contributed by atoms with Crippen LogP contribution in [0.25, 0.3) is 0 Å². The van der Waals surface area contributed by atoms with Gasteiger partial charge in [0, 0.05) is 17.9 Å². The van der Waals surface area contributed by atoms with Crippen molar-refractivity contribution < 1.29 is 54.8 Å². The predicted octanol–water partition coefficient (Wildman–Crippen LogP) is -0.766. The SMILES string of the molecule is C=C[C@H]1[C@H](O[C@@H]2O[C@H](CO)[C@@H](O)[C@H](O)[C@H]2O)OC=C(C(=O)O)[C@H]1C[C@@H]1NCCc2cc(O)c(O)cc21. The molecule has 1 aromatic rings. The minimum absolute atomic E-state index is 0.0366. The Hall–Kier alpha value is -2.71. The number of carboxylic acid groups (broad SMARTS) is 1. The molecular formula is C24H31NO11. The molecule has 1 aromatic carbocycles. The number of hydrogen-bond acceptors (Lipinski definition) is 11. The van der Waals surface area contributed by atoms with E-state index in [1.807, 2.05) is 0 Å². The summed E-state index contributed by atoms with van der Waals surface area (Å²) in [6.07, 6.45) is -5.35. The standard InChI is InChI=1S/C24H31NO11/c1-2-11-13(6-15-12-7-17(28)16(27)5-10(12)3-4-25-15)14(22(32)33)9-34-23(11)36-24-21(31)20(30)19(29)18(8-26)35-24/h2,5,7,9,11,13,15,18-21,23-31H,1,3-4,6,8H2,(H,32,33)/t11-,13+,15+,18-,19-,20+,21-,23+,24+/m1/s1. The molecule has 0 saturated carbocycles. The fourth-order valence-corrected chi connectivity index (χ4v) is 5.05. The van der Waals surface area contributed by atoms with Gasteiger partial charge in [0.15, 0.2) is 17.8 Å². The zero-order chi connectivity index (χ0) is 26.1. The summed E-state index contributed by atoms with van der Waals surface area (Å²) in [4.78, 5) is 12.1. The van der Waals surface area contributed by atoms with E-state index >= 15 is 0 Å². The van der Waals surface area contributed by atoms with Crippen LogP contribution in [-0.4, -0.2) is 91.9 Å². The Morgan fingerprint density at radius 3 is 2.53 bits per heavy atom. The lowest BCUT2D eigenvalue weighted by molar-refractivity contribution is -0.339. The topological polar surface area (TPSA) is 198 Å². The molecule has 3 heterocycles. The molecule has 0 unspecified atom stereocenters. The summed E-state index contributed by atoms with van der Waals surface area (Å²) in [6, 6.07) is 2.57. The summed E-state index contributed by atoms with van der Waals surface area (Å²) in [6.45, 7) is 3.74. The second kappa shape index (κ2) is 10.7. The quantitative estimate of drug-likeness (QED) is 0.169. The number of carbonyl (C=O) groups is 1. The third-order valence-electron chi connectivity index (χ3n) is 7.03. The number of aromatic hydroxyl groups is 2. The molecule has 0 aromatic heterocycles. The number of aliphatic hydroxyl groups excluding tert-OH is 4. The van der Waals surface area contributed by atoms with E-state index in [1.54, 1.807) is 0 Å². The summed E-state index contributed by atoms with van der Waals surface area (Å²) in [5, 5.41) is 72.9. The van der Waals surface area contributed by atoms with Crippen molar-refractivity contribution >= 4 is 5.97 Å². The van der Waals surface area contributed by atoms with E-state index in [0.717, 1.165) is 17.4 Å². The highest BCUT2D eigenvalue weighted by atomic mass is 16.8. The van der Waals surface area contributed by atoms with E-state index in [1.165, 1.54) is 18.2 Å². The third-order valence-corrected chi connectivity index (χ3v) is 7.03. The van der Waals surface area contributed by atoms with E-state index in [-0.39, 0.29) is 29.5 Å². The number of rotatable bonds is 7. The smallest absolute Gasteiger partial charge is 0.334 e. The monoisotopic (exact) mass is 509 g/mol. The molecule has 0 aliphatic carbocycles. The van der Waals surface area contributed by atoms with Gasteiger partial charge in [0.25, 0.3) is 0 Å². The number of carboxylic acids is 1. The van der Waals surface area contributed by atoms with E-state index in [2.05, 4.69) is 11.9 Å². The van der Waals surface area contributed by atoms with Crippen molar-refractivity contribution in [1.82, 2.24) is 5.32 Å². The third kappa shape index (κ3) is 4.93. The van der Waals surface area contributed by atoms with E-state index in [9.17, 15) is 40.5 Å². The highest BCUT2D eigenvalue weighted by Crippen LogP contribution is 2.42. The molecule has 12 nitrogen and oxygen atoms in total. The maximum Gasteiger partial charge on any atom is 0.334 e. The molecule has 1 fully saturated rings. The van der Waals surface area contributed by atoms with Gasteiger partial charge in [-0.2, -0.15) is 0 Å². The Balaban J connectivity index is 1.59. The number of aliphatic carboxylic acids is 1. The first-order valence-corrected chi connectivity index (χ1v) is 11.6. The van der Waals surface area contributed by atoms with Gasteiger partial charge in [-0.25, -0.2) is 4.79 Å². The normalized spacial score (nSPS) is 36.3. The van der Waals surface area contributed by atoms with Crippen molar-refractivity contribution in [2.45, 2.75) is 55.9 Å². The number of fused-ring (bicyclic) bond motifs is 1. The average molecular weight is 510 g/mol. The van der Waals surface area contributed by atoms with E-state index in [4.69, 9.17) is 14.2 Å². The lowest BCUT2D eigenvalue weighted by atomic mass is 9.77. The number of nitrogens with one attached hydrogen (secondary N) is 1. The maximum atomic E-state index is 12.1. The largest absolute Gasteiger partial charge is 0.504 e. The zero-order valence-electron chi connectivity index (χ0n) is 19.3. The molecule has 4 rings (SSSR count). The Morgan fingerprint density at radius 1 is 1.14 bits per heavy atom. The van der Waals surface area contributed by atoms with E-state index < -0.39 is 61.4 Å². The second-order valence-electron chi connectivity index (χ2n) is 9.17. The molecule has 0 bridgehead atoms. The van der Waals surface area contributed by atoms with Gasteiger partial charge in [-0.05, 0) is 42.6 Å². The summed E-state index contributed by atoms with van der Waals surface area (Å²) >= 11 is 0. The molecule has 9 atom stereocenters. The van der Waals surface area contributed by atoms with Crippen LogP contribution in [0.1, 0.15) is 23.6 Å². The highest BCUT2D eigenvalue weighted by Gasteiger charge is 2.47. The molecule has 0 spiro atoms. The first-order chi connectivity index (χ1) is 17.2. The van der Waals surface area contributed by atoms with Crippen molar-refractivity contribution in [3.05, 3.63) is 47.7 Å². The van der Waals surface area contributed by atoms with Gasteiger partial charge in [0.2, 0.25) is 6.29 Å². The summed E-state index contributed by atoms with van der Waals surface area (Å²) in [7, 11) is 0. The zero-order valence-corrected chi connectivity index (χ0v) is 19.3. The Morgan fingerprint density at radius 2 is 1.86 bits per heavy atom. The Labute approximate surface area is 206 Å². The lowest BCUT2D eigenvalue weighted by Crippen LogP contribution is -2.60. The van der Waals surface area contributed by atoms with Crippen LogP contribution in [-0.2, 0) is 25.4 Å². The summed E-state index contributed by atoms with van der Waals surface area (Å²) < 4.78 is 16.7. The first kappa shape index (κ1) is 26.4. The van der Waals surface area contributed by atoms with Crippen LogP contribution in [0, 0.1) is 11.8 Å². The van der Waals surface area contributed by atoms with Crippen molar-refractivity contribution in [2.24, 2.45) is 11.8 Å². The van der Waals surface area contributed by atoms with Crippen LogP contribution in [0.2, 0.25) is 0 Å². The number of phenolic OH excluding ortho intramolecular Hbond substituents is 2. The molecule has 36 heavy (non-hydrogen) atoms. The van der Waals surface area contributed by atoms with Gasteiger partial charge in [-0.15, -0.1) is 6.58 Å². The van der Waals surface area contributed by atoms with Crippen molar-refractivity contribution in [3.8, 4) is 11.5 Å². The summed E-state index contributed by atoms with van der Waals surface area (Å²) in [5.74, 6) is -3.16. The number of benzene rings is 1. The van der Waals surface area contributed by atoms with Gasteiger partial charge in [0.05, 0.1) is 18.4 Å². The first-order valence-electron chi connectivity index (χ1n) is 11.6. The van der Waals surface area contributed by atoms with Crippen LogP contribution in [0.3, 0.4) is 0 Å². The maximum absolute atomic E-state index is 12.1. The minimum Gasteiger partial charge on any atom is -0.504 e. The van der Waals surface area contributed by atoms with Crippen LogP contribution in [0.15, 0.2) is 36.6 Å². The molecule has 12 heteroatoms. The Bertz CT molecular complexity index is 1010. The lowest BCUT2D eigenvalue weighted by Gasteiger charge is -2.43. The fraction of sp³-hybridized carbons (Fsp3) is 0.542. The van der Waals surface area contributed by atoms with Gasteiger partial charge in [-0.1, -0.05) is 6.08 Å². The molecule has 0 amide bonds. The van der Waals surface area contributed by atoms with Gasteiger partial charge < -0.3 is 55.3 Å². The molecule has 1 saturated heterocycles. The van der Waals surface area contributed by atoms with Crippen molar-refractivity contribution in [1.29, 1.82) is 0 Å². The van der Waals surface area contributed by atoms with Crippen LogP contribution in [0.5, 0.6) is 11.5 Å². The number of hydrogen-bond donors (Lipinski definition) is 8. The Kier molecular flexibility index (Phi) is 7.85. The molecule has 198 valence electrons. The summed E-state index contributed by atoms with van der Waals surface area (Å²) in [5.41, 5.74) is 1.51. The molecule has 3 aliphatic heterocycles. The minimum atomic E-state index is -1.66. The van der Waals surface area contributed by atoms with Crippen LogP contribution in [0.4, 0.5) is 0 Å². The van der Waals surface area contributed by atoms with Crippen LogP contribution >= 0.6 is 0 Å². The average Bonchev–Trinajstić information content (AvgIpc) is 2.85. The number of phenols is 2. The van der Waals surface area contributed by atoms with Gasteiger partial charge >= 0.3 is 5.97 Å². The second-order valence-corrected chi connectivity index (χ2v) is 9.17. The molecule has 8 N–H and O–H groups in total. The molecule has 3 aliphatic rings. The highest BCUT2D eigenvalue weighted by molar-refractivity contribution is 5.87. The number of aliphatic hydroxyl groups is 4. The fourth-order valence-electron chi connectivity index (χ4n) is 5.05. The van der Waals surface area contributed by atoms with E-state index in [0.29, 0.717) is 13.0 Å². The van der Waals surface area contributed by atoms with Crippen molar-refractivity contribution in [2.75, 3.05) is 13.2 Å². The van der Waals surface area contributed by atoms with Crippen molar-refractivity contribution in [3.63, 3.8) is 0 Å². The van der Waals surface area contributed by atoms with Gasteiger partial charge in [0.1, 0.15) is 24.4 Å². The van der Waals surface area contributed by atoms with Gasteiger partial charge in [-0.3, -0.25) is 0 Å². The van der Waals surface area contributed by atoms with Crippen LogP contribution < -0.4 is 5.32 Å². The molecular weight excluding hydrogens is 478 g/mol. The molecule has 0 radical (unpaired) electrons. The number of ether oxygens (including phenoxy) is 3.